The van der Waals surface area contributed by atoms with E-state index in [1.165, 1.54) is 24.3 Å². The first-order chi connectivity index (χ1) is 11.2. The van der Waals surface area contributed by atoms with Crippen molar-refractivity contribution in [2.45, 2.75) is 12.9 Å². The summed E-state index contributed by atoms with van der Waals surface area (Å²) in [5, 5.41) is 1.05. The van der Waals surface area contributed by atoms with Crippen molar-refractivity contribution >= 4 is 18.1 Å². The molecule has 0 radical (unpaired) electrons. The largest absolute Gasteiger partial charge is 0.465 e. The van der Waals surface area contributed by atoms with Gasteiger partial charge >= 0.3 is 12.1 Å². The number of H-pyrrole nitrogens is 1. The van der Waals surface area contributed by atoms with Gasteiger partial charge in [0, 0.05) is 0 Å². The first-order valence-electron chi connectivity index (χ1n) is 6.55. The van der Waals surface area contributed by atoms with E-state index in [4.69, 9.17) is 0 Å². The molecule has 128 valence electrons. The zero-order valence-corrected chi connectivity index (χ0v) is 12.4. The molecule has 0 bridgehead atoms. The minimum absolute atomic E-state index is 0.166. The number of aromatic nitrogens is 2. The molecule has 9 heteroatoms. The Balaban J connectivity index is 2.81. The smallest absolute Gasteiger partial charge is 0.424 e. The van der Waals surface area contributed by atoms with E-state index >= 15 is 0 Å². The fourth-order valence-corrected chi connectivity index (χ4v) is 2.12. The molecule has 0 atom stereocenters. The molecule has 2 aromatic rings. The summed E-state index contributed by atoms with van der Waals surface area (Å²) in [6, 6.07) is 5.45. The van der Waals surface area contributed by atoms with Gasteiger partial charge in [-0.1, -0.05) is 18.7 Å². The van der Waals surface area contributed by atoms with Gasteiger partial charge in [-0.05, 0) is 17.7 Å². The molecule has 0 aliphatic carbocycles. The average Bonchev–Trinajstić information content (AvgIpc) is 2.82. The van der Waals surface area contributed by atoms with Crippen molar-refractivity contribution in [1.29, 1.82) is 0 Å². The fourth-order valence-electron chi connectivity index (χ4n) is 2.12. The van der Waals surface area contributed by atoms with E-state index in [2.05, 4.69) is 16.4 Å². The van der Waals surface area contributed by atoms with Gasteiger partial charge in [-0.2, -0.15) is 13.2 Å². The molecule has 0 fully saturated rings. The van der Waals surface area contributed by atoms with Gasteiger partial charge in [0.15, 0.2) is 5.57 Å². The van der Waals surface area contributed by atoms with Crippen LogP contribution < -0.4 is 16.1 Å². The Labute approximate surface area is 132 Å². The lowest BCUT2D eigenvalue weighted by Gasteiger charge is -2.07. The van der Waals surface area contributed by atoms with Crippen LogP contribution in [0.2, 0.25) is 0 Å². The number of hydrogen-bond donors (Lipinski definition) is 1. The van der Waals surface area contributed by atoms with Gasteiger partial charge in [-0.3, -0.25) is 9.89 Å². The molecule has 1 aromatic heterocycles. The van der Waals surface area contributed by atoms with Gasteiger partial charge in [-0.15, -0.1) is 0 Å². The minimum atomic E-state index is -5.10. The molecule has 0 saturated heterocycles. The Morgan fingerprint density at radius 1 is 1.29 bits per heavy atom. The van der Waals surface area contributed by atoms with Crippen LogP contribution in [-0.2, 0) is 16.2 Å². The number of methoxy groups -OCH3 is 1. The van der Waals surface area contributed by atoms with E-state index in [-0.39, 0.29) is 5.69 Å². The van der Waals surface area contributed by atoms with E-state index in [1.807, 2.05) is 0 Å². The first-order valence-corrected chi connectivity index (χ1v) is 6.55. The third-order valence-corrected chi connectivity index (χ3v) is 3.24. The Morgan fingerprint density at radius 3 is 2.33 bits per heavy atom. The standard InChI is InChI=1S/C15H12F4N2O3/c1-8-11(12(14(23)24-2)15(17,18)19)13(22)21(20-8)10-5-3-9(7-16)4-6-10/h3-6,20H,1,7H2,2H3. The molecule has 1 N–H and O–H groups in total. The first kappa shape index (κ1) is 17.5. The molecule has 0 spiro atoms. The van der Waals surface area contributed by atoms with Crippen LogP contribution in [0, 0.1) is 0 Å². The van der Waals surface area contributed by atoms with Crippen molar-refractivity contribution in [2.75, 3.05) is 7.11 Å². The highest BCUT2D eigenvalue weighted by Crippen LogP contribution is 2.26. The summed E-state index contributed by atoms with van der Waals surface area (Å²) < 4.78 is 56.8. The second-order valence-corrected chi connectivity index (χ2v) is 4.77. The number of nitrogens with one attached hydrogen (secondary N) is 1. The normalized spacial score (nSPS) is 12.9. The van der Waals surface area contributed by atoms with Crippen LogP contribution in [0.4, 0.5) is 17.6 Å². The van der Waals surface area contributed by atoms with Crippen molar-refractivity contribution in [3.63, 3.8) is 0 Å². The van der Waals surface area contributed by atoms with E-state index < -0.39 is 40.5 Å². The van der Waals surface area contributed by atoms with Gasteiger partial charge in [0.2, 0.25) is 0 Å². The molecule has 0 aliphatic heterocycles. The predicted octanol–water partition coefficient (Wildman–Crippen LogP) is 0.931. The van der Waals surface area contributed by atoms with Crippen LogP contribution in [-0.4, -0.2) is 29.0 Å². The van der Waals surface area contributed by atoms with Crippen molar-refractivity contribution in [1.82, 2.24) is 9.78 Å². The lowest BCUT2D eigenvalue weighted by atomic mass is 10.2. The molecular formula is C15H12F4N2O3. The molecule has 0 aliphatic rings. The lowest BCUT2D eigenvalue weighted by molar-refractivity contribution is -0.140. The number of alkyl halides is 4. The highest BCUT2D eigenvalue weighted by molar-refractivity contribution is 6.11. The third kappa shape index (κ3) is 3.10. The zero-order chi connectivity index (χ0) is 18.1. The molecule has 5 nitrogen and oxygen atoms in total. The van der Waals surface area contributed by atoms with Gasteiger partial charge in [0.05, 0.1) is 23.4 Å². The Kier molecular flexibility index (Phi) is 4.63. The molecule has 0 saturated carbocycles. The lowest BCUT2D eigenvalue weighted by Crippen LogP contribution is -2.42. The summed E-state index contributed by atoms with van der Waals surface area (Å²) >= 11 is 0. The summed E-state index contributed by atoms with van der Waals surface area (Å²) in [4.78, 5) is 23.8. The van der Waals surface area contributed by atoms with Crippen LogP contribution in [0.15, 0.2) is 29.1 Å². The minimum Gasteiger partial charge on any atom is -0.465 e. The van der Waals surface area contributed by atoms with Crippen LogP contribution in [0.1, 0.15) is 5.56 Å². The monoisotopic (exact) mass is 344 g/mol. The average molecular weight is 344 g/mol. The number of esters is 1. The van der Waals surface area contributed by atoms with Crippen LogP contribution >= 0.6 is 0 Å². The van der Waals surface area contributed by atoms with Gasteiger partial charge < -0.3 is 4.74 Å². The predicted molar refractivity (Wildman–Crippen MR) is 77.5 cm³/mol. The number of rotatable bonds is 3. The molecular weight excluding hydrogens is 332 g/mol. The number of hydrogen-bond acceptors (Lipinski definition) is 3. The summed E-state index contributed by atoms with van der Waals surface area (Å²) in [5.41, 5.74) is -2.36. The van der Waals surface area contributed by atoms with E-state index in [0.717, 1.165) is 11.8 Å². The number of ether oxygens (including phenoxy) is 1. The third-order valence-electron chi connectivity index (χ3n) is 3.24. The Morgan fingerprint density at radius 2 is 1.88 bits per heavy atom. The summed E-state index contributed by atoms with van der Waals surface area (Å²) in [7, 11) is 0.776. The maximum Gasteiger partial charge on any atom is 0.424 e. The number of carbonyl (C=O) groups is 1. The van der Waals surface area contributed by atoms with Crippen molar-refractivity contribution < 1.29 is 27.1 Å². The quantitative estimate of drug-likeness (QED) is 0.666. The number of nitrogens with zero attached hydrogens (tertiary/aromatic N) is 1. The highest BCUT2D eigenvalue weighted by Gasteiger charge is 2.41. The Bertz CT molecular complexity index is 924. The van der Waals surface area contributed by atoms with Gasteiger partial charge in [0.25, 0.3) is 5.56 Å². The van der Waals surface area contributed by atoms with Crippen molar-refractivity contribution in [2.24, 2.45) is 0 Å². The molecule has 24 heavy (non-hydrogen) atoms. The van der Waals surface area contributed by atoms with Crippen LogP contribution in [0.5, 0.6) is 0 Å². The van der Waals surface area contributed by atoms with Crippen molar-refractivity contribution in [3.05, 3.63) is 50.8 Å². The number of aromatic amines is 1. The van der Waals surface area contributed by atoms with E-state index in [1.54, 1.807) is 0 Å². The molecule has 0 unspecified atom stereocenters. The second-order valence-electron chi connectivity index (χ2n) is 4.77. The summed E-state index contributed by atoms with van der Waals surface area (Å²) in [6.45, 7) is 2.63. The SMILES string of the molecule is C=c1[nH]n(-c2ccc(CF)cc2)c(=O)c1=C(C(=O)OC)C(F)(F)F. The topological polar surface area (TPSA) is 64.1 Å². The van der Waals surface area contributed by atoms with E-state index in [9.17, 15) is 27.2 Å². The summed E-state index contributed by atoms with van der Waals surface area (Å²) in [5.74, 6) is -1.69. The molecule has 0 amide bonds. The molecule has 1 heterocycles. The van der Waals surface area contributed by atoms with Gasteiger partial charge in [-0.25, -0.2) is 13.9 Å². The highest BCUT2D eigenvalue weighted by atomic mass is 19.4. The van der Waals surface area contributed by atoms with Crippen molar-refractivity contribution in [3.8, 4) is 5.69 Å². The number of benzene rings is 1. The number of carbonyl (C=O) groups excluding carboxylic acids is 1. The second kappa shape index (κ2) is 6.34. The van der Waals surface area contributed by atoms with Gasteiger partial charge in [0.1, 0.15) is 6.67 Å². The fraction of sp³-hybridized carbons (Fsp3) is 0.200. The maximum absolute atomic E-state index is 13.1. The molecule has 2 rings (SSSR count). The Hall–Kier alpha value is -2.84. The van der Waals surface area contributed by atoms with E-state index in [0.29, 0.717) is 5.56 Å². The number of halogens is 4. The zero-order valence-electron chi connectivity index (χ0n) is 12.4. The van der Waals surface area contributed by atoms with Crippen LogP contribution in [0.3, 0.4) is 0 Å². The maximum atomic E-state index is 13.1. The van der Waals surface area contributed by atoms with Crippen LogP contribution in [0.25, 0.3) is 17.8 Å². The summed E-state index contributed by atoms with van der Waals surface area (Å²) in [6.07, 6.45) is -5.10. The molecule has 1 aromatic carbocycles.